The van der Waals surface area contributed by atoms with Gasteiger partial charge in [0.2, 0.25) is 0 Å². The molecule has 2 aromatic carbocycles. The van der Waals surface area contributed by atoms with Crippen molar-refractivity contribution in [2.45, 2.75) is 20.0 Å². The summed E-state index contributed by atoms with van der Waals surface area (Å²) in [4.78, 5) is 0. The molecule has 2 aromatic rings. The molecule has 21 heavy (non-hydrogen) atoms. The third-order valence-electron chi connectivity index (χ3n) is 3.40. The molecule has 0 heterocycles. The summed E-state index contributed by atoms with van der Waals surface area (Å²) in [5.41, 5.74) is 3.33. The lowest BCUT2D eigenvalue weighted by Crippen LogP contribution is -2.26. The average molecular weight is 289 g/mol. The second-order valence-corrected chi connectivity index (χ2v) is 5.02. The Kier molecular flexibility index (Phi) is 5.17. The van der Waals surface area contributed by atoms with Crippen molar-refractivity contribution in [2.75, 3.05) is 18.5 Å². The van der Waals surface area contributed by atoms with Crippen LogP contribution in [0.25, 0.3) is 0 Å². The molecule has 0 bridgehead atoms. The van der Waals surface area contributed by atoms with Gasteiger partial charge in [-0.3, -0.25) is 0 Å². The first-order chi connectivity index (χ1) is 10.1. The Morgan fingerprint density at radius 2 is 1.90 bits per heavy atom. The number of aliphatic hydroxyl groups is 1. The first-order valence-corrected chi connectivity index (χ1v) is 6.93. The summed E-state index contributed by atoms with van der Waals surface area (Å²) < 4.78 is 18.6. The van der Waals surface area contributed by atoms with E-state index in [-0.39, 0.29) is 12.4 Å². The fourth-order valence-corrected chi connectivity index (χ4v) is 1.98. The molecule has 0 aliphatic heterocycles. The molecule has 0 aliphatic carbocycles. The van der Waals surface area contributed by atoms with E-state index in [2.05, 4.69) is 5.32 Å². The van der Waals surface area contributed by atoms with Gasteiger partial charge in [-0.25, -0.2) is 4.39 Å². The van der Waals surface area contributed by atoms with Gasteiger partial charge in [0.15, 0.2) is 11.6 Å². The number of hydrogen-bond acceptors (Lipinski definition) is 3. The minimum Gasteiger partial charge on any atom is -0.488 e. The molecule has 2 rings (SSSR count). The zero-order chi connectivity index (χ0) is 15.2. The van der Waals surface area contributed by atoms with E-state index in [1.54, 1.807) is 18.2 Å². The number of halogens is 1. The lowest BCUT2D eigenvalue weighted by molar-refractivity contribution is 0.115. The molecule has 0 amide bonds. The minimum atomic E-state index is -0.718. The predicted octanol–water partition coefficient (Wildman–Crippen LogP) is 3.29. The second kappa shape index (κ2) is 7.09. The van der Waals surface area contributed by atoms with Crippen LogP contribution in [0.4, 0.5) is 10.1 Å². The number of hydrogen-bond donors (Lipinski definition) is 2. The maximum absolute atomic E-state index is 13.4. The van der Waals surface area contributed by atoms with E-state index >= 15 is 0 Å². The number of rotatable bonds is 6. The molecule has 0 aliphatic rings. The van der Waals surface area contributed by atoms with E-state index in [4.69, 9.17) is 4.74 Å². The van der Waals surface area contributed by atoms with Gasteiger partial charge in [-0.1, -0.05) is 24.3 Å². The highest BCUT2D eigenvalue weighted by molar-refractivity contribution is 5.53. The van der Waals surface area contributed by atoms with Crippen molar-refractivity contribution in [3.8, 4) is 5.75 Å². The molecule has 0 fully saturated rings. The van der Waals surface area contributed by atoms with Crippen molar-refractivity contribution < 1.29 is 14.2 Å². The van der Waals surface area contributed by atoms with Crippen LogP contribution in [-0.2, 0) is 0 Å². The smallest absolute Gasteiger partial charge is 0.165 e. The first-order valence-electron chi connectivity index (χ1n) is 6.93. The Hall–Kier alpha value is -2.07. The highest BCUT2D eigenvalue weighted by atomic mass is 19.1. The highest BCUT2D eigenvalue weighted by Gasteiger charge is 2.08. The molecule has 0 saturated heterocycles. The molecule has 112 valence electrons. The summed E-state index contributed by atoms with van der Waals surface area (Å²) in [6, 6.07) is 12.1. The monoisotopic (exact) mass is 289 g/mol. The van der Waals surface area contributed by atoms with Crippen LogP contribution in [0.1, 0.15) is 11.1 Å². The third kappa shape index (κ3) is 4.20. The Balaban J connectivity index is 1.84. The van der Waals surface area contributed by atoms with Crippen molar-refractivity contribution in [1.82, 2.24) is 0 Å². The third-order valence-corrected chi connectivity index (χ3v) is 3.40. The van der Waals surface area contributed by atoms with E-state index < -0.39 is 11.9 Å². The maximum atomic E-state index is 13.4. The molecule has 0 saturated carbocycles. The quantitative estimate of drug-likeness (QED) is 0.857. The van der Waals surface area contributed by atoms with Gasteiger partial charge in [-0.05, 0) is 43.2 Å². The molecule has 4 heteroatoms. The Morgan fingerprint density at radius 1 is 1.14 bits per heavy atom. The largest absolute Gasteiger partial charge is 0.488 e. The van der Waals surface area contributed by atoms with Gasteiger partial charge in [0.05, 0.1) is 0 Å². The molecule has 0 aromatic heterocycles. The van der Waals surface area contributed by atoms with Crippen molar-refractivity contribution in [3.05, 3.63) is 59.4 Å². The maximum Gasteiger partial charge on any atom is 0.165 e. The van der Waals surface area contributed by atoms with E-state index in [1.165, 1.54) is 11.6 Å². The van der Waals surface area contributed by atoms with Crippen LogP contribution >= 0.6 is 0 Å². The van der Waals surface area contributed by atoms with Crippen LogP contribution in [0.15, 0.2) is 42.5 Å². The lowest BCUT2D eigenvalue weighted by Gasteiger charge is -2.16. The molecule has 1 atom stereocenters. The average Bonchev–Trinajstić information content (AvgIpc) is 2.48. The summed E-state index contributed by atoms with van der Waals surface area (Å²) in [5, 5.41) is 13.1. The number of ether oxygens (including phenoxy) is 1. The van der Waals surface area contributed by atoms with E-state index in [0.29, 0.717) is 6.54 Å². The fraction of sp³-hybridized carbons (Fsp3) is 0.294. The SMILES string of the molecule is Cc1cccc(NCC(O)COc2ccccc2F)c1C. The molecule has 2 N–H and O–H groups in total. The number of aliphatic hydroxyl groups excluding tert-OH is 1. The van der Waals surface area contributed by atoms with Gasteiger partial charge in [-0.2, -0.15) is 0 Å². The molecule has 0 radical (unpaired) electrons. The highest BCUT2D eigenvalue weighted by Crippen LogP contribution is 2.18. The standard InChI is InChI=1S/C17H20FNO2/c1-12-6-5-8-16(13(12)2)19-10-14(20)11-21-17-9-4-3-7-15(17)18/h3-9,14,19-20H,10-11H2,1-2H3. The normalized spacial score (nSPS) is 12.0. The zero-order valence-corrected chi connectivity index (χ0v) is 12.3. The summed E-state index contributed by atoms with van der Waals surface area (Å²) in [7, 11) is 0. The number of anilines is 1. The van der Waals surface area contributed by atoms with Gasteiger partial charge >= 0.3 is 0 Å². The number of benzene rings is 2. The Labute approximate surface area is 124 Å². The van der Waals surface area contributed by atoms with Crippen molar-refractivity contribution in [1.29, 1.82) is 0 Å². The van der Waals surface area contributed by atoms with Crippen molar-refractivity contribution in [3.63, 3.8) is 0 Å². The number of para-hydroxylation sites is 1. The molecule has 1 unspecified atom stereocenters. The van der Waals surface area contributed by atoms with Crippen LogP contribution in [0.2, 0.25) is 0 Å². The van der Waals surface area contributed by atoms with Crippen LogP contribution in [0.3, 0.4) is 0 Å². The van der Waals surface area contributed by atoms with Gasteiger partial charge < -0.3 is 15.2 Å². The predicted molar refractivity (Wildman–Crippen MR) is 82.3 cm³/mol. The minimum absolute atomic E-state index is 0.0405. The summed E-state index contributed by atoms with van der Waals surface area (Å²) in [6.45, 7) is 4.45. The van der Waals surface area contributed by atoms with Crippen LogP contribution < -0.4 is 10.1 Å². The molecular formula is C17H20FNO2. The van der Waals surface area contributed by atoms with Crippen LogP contribution in [0, 0.1) is 19.7 Å². The van der Waals surface area contributed by atoms with Gasteiger partial charge in [0, 0.05) is 12.2 Å². The molecule has 3 nitrogen and oxygen atoms in total. The summed E-state index contributed by atoms with van der Waals surface area (Å²) in [5.74, 6) is -0.268. The van der Waals surface area contributed by atoms with Crippen molar-refractivity contribution >= 4 is 5.69 Å². The summed E-state index contributed by atoms with van der Waals surface area (Å²) >= 11 is 0. The van der Waals surface area contributed by atoms with Gasteiger partial charge in [0.1, 0.15) is 12.7 Å². The molecular weight excluding hydrogens is 269 g/mol. The van der Waals surface area contributed by atoms with Crippen LogP contribution in [0.5, 0.6) is 5.75 Å². The van der Waals surface area contributed by atoms with Crippen molar-refractivity contribution in [2.24, 2.45) is 0 Å². The summed E-state index contributed by atoms with van der Waals surface area (Å²) in [6.07, 6.45) is -0.718. The van der Waals surface area contributed by atoms with Gasteiger partial charge in [-0.15, -0.1) is 0 Å². The van der Waals surface area contributed by atoms with E-state index in [1.807, 2.05) is 32.0 Å². The van der Waals surface area contributed by atoms with E-state index in [0.717, 1.165) is 11.3 Å². The first kappa shape index (κ1) is 15.3. The number of aryl methyl sites for hydroxylation is 1. The Morgan fingerprint density at radius 3 is 2.67 bits per heavy atom. The zero-order valence-electron chi connectivity index (χ0n) is 12.3. The Bertz CT molecular complexity index is 601. The topological polar surface area (TPSA) is 41.5 Å². The lowest BCUT2D eigenvalue weighted by atomic mass is 10.1. The van der Waals surface area contributed by atoms with Gasteiger partial charge in [0.25, 0.3) is 0 Å². The van der Waals surface area contributed by atoms with Crippen LogP contribution in [-0.4, -0.2) is 24.4 Å². The van der Waals surface area contributed by atoms with E-state index in [9.17, 15) is 9.50 Å². The number of nitrogens with one attached hydrogen (secondary N) is 1. The second-order valence-electron chi connectivity index (χ2n) is 5.02. The molecule has 0 spiro atoms. The fourth-order valence-electron chi connectivity index (χ4n) is 1.98.